The highest BCUT2D eigenvalue weighted by atomic mass is 19.1. The number of hydrogen-bond acceptors (Lipinski definition) is 8. The Morgan fingerprint density at radius 3 is 2.15 bits per heavy atom. The van der Waals surface area contributed by atoms with Crippen LogP contribution in [-0.4, -0.2) is 46.1 Å². The molecule has 1 aromatic heterocycles. The van der Waals surface area contributed by atoms with Crippen molar-refractivity contribution in [1.82, 2.24) is 4.98 Å². The van der Waals surface area contributed by atoms with E-state index >= 15 is 0 Å². The molecular formula is C29H34FN3O7. The van der Waals surface area contributed by atoms with Crippen molar-refractivity contribution < 1.29 is 38.1 Å². The van der Waals surface area contributed by atoms with Crippen LogP contribution in [0.2, 0.25) is 0 Å². The van der Waals surface area contributed by atoms with Gasteiger partial charge in [-0.1, -0.05) is 6.07 Å². The Bertz CT molecular complexity index is 1380. The average Bonchev–Trinajstić information content (AvgIpc) is 2.82. The van der Waals surface area contributed by atoms with Crippen molar-refractivity contribution >= 4 is 40.4 Å². The van der Waals surface area contributed by atoms with Crippen molar-refractivity contribution in [3.8, 4) is 5.75 Å². The van der Waals surface area contributed by atoms with Gasteiger partial charge in [0.1, 0.15) is 11.2 Å². The van der Waals surface area contributed by atoms with Crippen LogP contribution in [0.3, 0.4) is 0 Å². The number of pyridine rings is 1. The van der Waals surface area contributed by atoms with Crippen LogP contribution in [-0.2, 0) is 14.3 Å². The Hall–Kier alpha value is -4.41. The number of carbonyl (C=O) groups excluding carboxylic acids is 2. The van der Waals surface area contributed by atoms with E-state index in [1.165, 1.54) is 18.3 Å². The summed E-state index contributed by atoms with van der Waals surface area (Å²) in [5.41, 5.74) is -1.09. The van der Waals surface area contributed by atoms with E-state index in [1.54, 1.807) is 72.7 Å². The number of hydrogen-bond donors (Lipinski definition) is 2. The van der Waals surface area contributed by atoms with E-state index in [1.807, 2.05) is 0 Å². The summed E-state index contributed by atoms with van der Waals surface area (Å²) in [5.74, 6) is -1.85. The molecule has 2 amide bonds. The molecule has 0 aliphatic heterocycles. The highest BCUT2D eigenvalue weighted by Crippen LogP contribution is 2.32. The van der Waals surface area contributed by atoms with Crippen LogP contribution in [0.4, 0.5) is 25.5 Å². The van der Waals surface area contributed by atoms with E-state index in [0.29, 0.717) is 16.5 Å². The summed E-state index contributed by atoms with van der Waals surface area (Å²) in [4.78, 5) is 43.4. The zero-order valence-corrected chi connectivity index (χ0v) is 23.6. The largest absolute Gasteiger partial charge is 0.491 e. The number of halogens is 1. The van der Waals surface area contributed by atoms with Gasteiger partial charge in [0.25, 0.3) is 0 Å². The summed E-state index contributed by atoms with van der Waals surface area (Å²) in [7, 11) is 0. The number of benzene rings is 2. The highest BCUT2D eigenvalue weighted by molar-refractivity contribution is 6.14. The van der Waals surface area contributed by atoms with Gasteiger partial charge in [0.2, 0.25) is 0 Å². The maximum atomic E-state index is 14.1. The van der Waals surface area contributed by atoms with Gasteiger partial charge >= 0.3 is 18.2 Å². The van der Waals surface area contributed by atoms with Gasteiger partial charge in [-0.25, -0.2) is 23.8 Å². The molecule has 1 heterocycles. The molecule has 40 heavy (non-hydrogen) atoms. The smallest absolute Gasteiger partial charge is 0.425 e. The molecule has 0 radical (unpaired) electrons. The van der Waals surface area contributed by atoms with Crippen LogP contribution in [0.15, 0.2) is 48.7 Å². The predicted molar refractivity (Wildman–Crippen MR) is 148 cm³/mol. The fourth-order valence-electron chi connectivity index (χ4n) is 3.71. The molecule has 0 saturated heterocycles. The summed E-state index contributed by atoms with van der Waals surface area (Å²) >= 11 is 0. The summed E-state index contributed by atoms with van der Waals surface area (Å²) in [6.07, 6.45) is -0.515. The molecule has 3 rings (SSSR count). The van der Waals surface area contributed by atoms with E-state index in [4.69, 9.17) is 14.2 Å². The fraction of sp³-hybridized carbons (Fsp3) is 0.379. The lowest BCUT2D eigenvalue weighted by atomic mass is 10.0. The van der Waals surface area contributed by atoms with Crippen molar-refractivity contribution in [2.45, 2.75) is 65.7 Å². The summed E-state index contributed by atoms with van der Waals surface area (Å²) in [5, 5.41) is 13.8. The number of aromatic nitrogens is 1. The second-order valence-corrected chi connectivity index (χ2v) is 10.9. The van der Waals surface area contributed by atoms with Crippen molar-refractivity contribution in [2.75, 3.05) is 16.8 Å². The Labute approximate surface area is 232 Å². The van der Waals surface area contributed by atoms with Gasteiger partial charge in [0.15, 0.2) is 23.4 Å². The fourth-order valence-corrected chi connectivity index (χ4v) is 3.71. The van der Waals surface area contributed by atoms with Gasteiger partial charge in [-0.2, -0.15) is 4.90 Å². The number of nitrogens with zero attached hydrogens (tertiary/aromatic N) is 2. The predicted octanol–water partition coefficient (Wildman–Crippen LogP) is 6.69. The first-order valence-electron chi connectivity index (χ1n) is 12.7. The van der Waals surface area contributed by atoms with E-state index < -0.39 is 41.2 Å². The molecule has 0 bridgehead atoms. The van der Waals surface area contributed by atoms with E-state index in [2.05, 4.69) is 10.3 Å². The van der Waals surface area contributed by atoms with Crippen molar-refractivity contribution in [2.24, 2.45) is 0 Å². The summed E-state index contributed by atoms with van der Waals surface area (Å²) < 4.78 is 30.2. The minimum absolute atomic E-state index is 0.0118. The van der Waals surface area contributed by atoms with Crippen molar-refractivity contribution in [3.63, 3.8) is 0 Å². The van der Waals surface area contributed by atoms with Crippen LogP contribution in [0.1, 0.15) is 60.1 Å². The number of amides is 2. The number of ether oxygens (including phenoxy) is 3. The van der Waals surface area contributed by atoms with E-state index in [-0.39, 0.29) is 23.7 Å². The SMILES string of the molecule is CCOc1cc(C(Nc2ccc3c(N(C(=O)OC(C)(C)C)C(=O)OC(C)(C)C)nccc3c2)C(=O)O)ccc1F. The van der Waals surface area contributed by atoms with E-state index in [0.717, 1.165) is 11.0 Å². The molecule has 0 spiro atoms. The van der Waals surface area contributed by atoms with Gasteiger partial charge in [0, 0.05) is 17.3 Å². The van der Waals surface area contributed by atoms with Crippen molar-refractivity contribution in [1.29, 1.82) is 0 Å². The second kappa shape index (κ2) is 11.8. The molecule has 3 aromatic rings. The van der Waals surface area contributed by atoms with Crippen LogP contribution < -0.4 is 15.0 Å². The van der Waals surface area contributed by atoms with Gasteiger partial charge in [0.05, 0.1) is 6.61 Å². The normalized spacial score (nSPS) is 12.4. The molecule has 10 nitrogen and oxygen atoms in total. The molecule has 1 atom stereocenters. The maximum absolute atomic E-state index is 14.1. The monoisotopic (exact) mass is 555 g/mol. The molecule has 0 saturated carbocycles. The Morgan fingerprint density at radius 1 is 0.975 bits per heavy atom. The third kappa shape index (κ3) is 7.58. The van der Waals surface area contributed by atoms with Crippen LogP contribution in [0, 0.1) is 5.82 Å². The van der Waals surface area contributed by atoms with Crippen LogP contribution in [0.5, 0.6) is 5.75 Å². The first-order chi connectivity index (χ1) is 18.6. The molecule has 0 aliphatic rings. The molecule has 11 heteroatoms. The first kappa shape index (κ1) is 30.1. The van der Waals surface area contributed by atoms with Gasteiger partial charge in [-0.3, -0.25) is 0 Å². The van der Waals surface area contributed by atoms with Crippen LogP contribution in [0.25, 0.3) is 10.8 Å². The zero-order valence-electron chi connectivity index (χ0n) is 23.6. The van der Waals surface area contributed by atoms with Gasteiger partial charge in [-0.05, 0) is 95.8 Å². The van der Waals surface area contributed by atoms with Crippen LogP contribution >= 0.6 is 0 Å². The van der Waals surface area contributed by atoms with Crippen molar-refractivity contribution in [3.05, 3.63) is 60.0 Å². The third-order valence-corrected chi connectivity index (χ3v) is 5.25. The molecule has 214 valence electrons. The third-order valence-electron chi connectivity index (χ3n) is 5.25. The lowest BCUT2D eigenvalue weighted by molar-refractivity contribution is -0.138. The zero-order chi connectivity index (χ0) is 29.8. The molecular weight excluding hydrogens is 521 g/mol. The number of nitrogens with one attached hydrogen (secondary N) is 1. The number of anilines is 2. The van der Waals surface area contributed by atoms with E-state index in [9.17, 15) is 23.9 Å². The Kier molecular flexibility index (Phi) is 8.87. The summed E-state index contributed by atoms with van der Waals surface area (Å²) in [6, 6.07) is 9.10. The standard InChI is InChI=1S/C29H34FN3O7/c1-8-38-22-16-18(9-12-21(22)30)23(25(34)35)32-19-10-11-20-17(15-19)13-14-31-24(20)33(26(36)39-28(2,3)4)27(37)40-29(5,6)7/h9-16,23,32H,8H2,1-7H3,(H,34,35). The Morgan fingerprint density at radius 2 is 1.60 bits per heavy atom. The molecule has 1 unspecified atom stereocenters. The molecule has 2 N–H and O–H groups in total. The lowest BCUT2D eigenvalue weighted by Crippen LogP contribution is -2.44. The maximum Gasteiger partial charge on any atom is 0.425 e. The molecule has 0 aliphatic carbocycles. The molecule has 2 aromatic carbocycles. The van der Waals surface area contributed by atoms with Gasteiger partial charge < -0.3 is 24.6 Å². The number of carboxylic acids is 1. The molecule has 0 fully saturated rings. The minimum atomic E-state index is -1.22. The number of rotatable bonds is 7. The first-order valence-corrected chi connectivity index (χ1v) is 12.7. The quantitative estimate of drug-likeness (QED) is 0.328. The number of fused-ring (bicyclic) bond motifs is 1. The average molecular weight is 556 g/mol. The lowest BCUT2D eigenvalue weighted by Gasteiger charge is -2.28. The number of imide groups is 1. The number of carboxylic acid groups (broad SMARTS) is 1. The Balaban J connectivity index is 2.02. The van der Waals surface area contributed by atoms with Gasteiger partial charge in [-0.15, -0.1) is 0 Å². The number of aliphatic carboxylic acids is 1. The highest BCUT2D eigenvalue weighted by Gasteiger charge is 2.34. The number of carbonyl (C=O) groups is 3. The summed E-state index contributed by atoms with van der Waals surface area (Å²) in [6.45, 7) is 11.9. The minimum Gasteiger partial charge on any atom is -0.491 e. The topological polar surface area (TPSA) is 127 Å². The second-order valence-electron chi connectivity index (χ2n) is 10.9.